The molecule has 0 amide bonds. The van der Waals surface area contributed by atoms with Crippen LogP contribution in [-0.4, -0.2) is 16.6 Å². The van der Waals surface area contributed by atoms with Crippen molar-refractivity contribution in [3.63, 3.8) is 0 Å². The summed E-state index contributed by atoms with van der Waals surface area (Å²) in [5, 5.41) is 12.4. The first-order valence-electron chi connectivity index (χ1n) is 5.53. The highest BCUT2D eigenvalue weighted by Gasteiger charge is 2.11. The minimum atomic E-state index is -0.661. The molecule has 0 fully saturated rings. The summed E-state index contributed by atoms with van der Waals surface area (Å²) in [7, 11) is 0. The van der Waals surface area contributed by atoms with Crippen LogP contribution in [0.3, 0.4) is 0 Å². The van der Waals surface area contributed by atoms with Crippen molar-refractivity contribution >= 4 is 11.3 Å². The van der Waals surface area contributed by atoms with Crippen LogP contribution in [-0.2, 0) is 0 Å². The SMILES string of the molecule is Cc1ccc(-c2nc(C(O)CN)cs2)cc1C. The fourth-order valence-corrected chi connectivity index (χ4v) is 2.43. The Hall–Kier alpha value is -1.23. The Morgan fingerprint density at radius 3 is 2.76 bits per heavy atom. The van der Waals surface area contributed by atoms with Crippen molar-refractivity contribution in [1.29, 1.82) is 0 Å². The first-order chi connectivity index (χ1) is 8.11. The van der Waals surface area contributed by atoms with Gasteiger partial charge in [0.2, 0.25) is 0 Å². The fraction of sp³-hybridized carbons (Fsp3) is 0.308. The number of thiazole rings is 1. The van der Waals surface area contributed by atoms with Gasteiger partial charge in [0, 0.05) is 17.5 Å². The van der Waals surface area contributed by atoms with Gasteiger partial charge in [-0.25, -0.2) is 4.98 Å². The Morgan fingerprint density at radius 2 is 2.12 bits per heavy atom. The molecule has 0 saturated carbocycles. The van der Waals surface area contributed by atoms with E-state index in [1.807, 2.05) is 5.38 Å². The van der Waals surface area contributed by atoms with E-state index in [4.69, 9.17) is 5.73 Å². The summed E-state index contributed by atoms with van der Waals surface area (Å²) in [6, 6.07) is 6.26. The number of nitrogens with two attached hydrogens (primary N) is 1. The average molecular weight is 248 g/mol. The zero-order chi connectivity index (χ0) is 12.4. The minimum Gasteiger partial charge on any atom is -0.385 e. The molecule has 0 bridgehead atoms. The molecule has 0 aliphatic carbocycles. The highest BCUT2D eigenvalue weighted by molar-refractivity contribution is 7.13. The quantitative estimate of drug-likeness (QED) is 0.877. The average Bonchev–Trinajstić information content (AvgIpc) is 2.81. The normalized spacial score (nSPS) is 12.7. The highest BCUT2D eigenvalue weighted by atomic mass is 32.1. The van der Waals surface area contributed by atoms with Crippen LogP contribution >= 0.6 is 11.3 Å². The molecule has 1 atom stereocenters. The monoisotopic (exact) mass is 248 g/mol. The Morgan fingerprint density at radius 1 is 1.35 bits per heavy atom. The molecule has 0 spiro atoms. The molecule has 0 saturated heterocycles. The van der Waals surface area contributed by atoms with Crippen molar-refractivity contribution in [3.05, 3.63) is 40.4 Å². The van der Waals surface area contributed by atoms with Gasteiger partial charge in [-0.15, -0.1) is 11.3 Å². The predicted molar refractivity (Wildman–Crippen MR) is 71.0 cm³/mol. The fourth-order valence-electron chi connectivity index (χ4n) is 1.57. The van der Waals surface area contributed by atoms with Crippen LogP contribution in [0.2, 0.25) is 0 Å². The standard InChI is InChI=1S/C13H16N2OS/c1-8-3-4-10(5-9(8)2)13-15-11(7-17-13)12(16)6-14/h3-5,7,12,16H,6,14H2,1-2H3. The number of rotatable bonds is 3. The Labute approximate surface area is 105 Å². The van der Waals surface area contributed by atoms with Crippen LogP contribution in [0.25, 0.3) is 10.6 Å². The van der Waals surface area contributed by atoms with Crippen molar-refractivity contribution in [2.24, 2.45) is 5.73 Å². The molecule has 0 aliphatic rings. The van der Waals surface area contributed by atoms with Gasteiger partial charge in [0.15, 0.2) is 0 Å². The number of aryl methyl sites for hydroxylation is 2. The molecule has 3 N–H and O–H groups in total. The number of aromatic nitrogens is 1. The van der Waals surface area contributed by atoms with Crippen LogP contribution in [0.5, 0.6) is 0 Å². The third-order valence-corrected chi connectivity index (χ3v) is 3.75. The molecular formula is C13H16N2OS. The molecule has 1 heterocycles. The molecule has 17 heavy (non-hydrogen) atoms. The third kappa shape index (κ3) is 2.54. The van der Waals surface area contributed by atoms with Crippen LogP contribution in [0, 0.1) is 13.8 Å². The van der Waals surface area contributed by atoms with Gasteiger partial charge in [-0.1, -0.05) is 12.1 Å². The zero-order valence-corrected chi connectivity index (χ0v) is 10.8. The summed E-state index contributed by atoms with van der Waals surface area (Å²) >= 11 is 1.53. The predicted octanol–water partition coefficient (Wildman–Crippen LogP) is 2.42. The second-order valence-corrected chi connectivity index (χ2v) is 4.99. The maximum Gasteiger partial charge on any atom is 0.123 e. The van der Waals surface area contributed by atoms with E-state index in [1.54, 1.807) is 0 Å². The maximum atomic E-state index is 9.61. The van der Waals surface area contributed by atoms with Gasteiger partial charge in [-0.2, -0.15) is 0 Å². The molecule has 3 nitrogen and oxygen atoms in total. The lowest BCUT2D eigenvalue weighted by Crippen LogP contribution is -2.11. The van der Waals surface area contributed by atoms with Crippen molar-refractivity contribution in [3.8, 4) is 10.6 Å². The minimum absolute atomic E-state index is 0.204. The number of nitrogens with zero attached hydrogens (tertiary/aromatic N) is 1. The molecule has 1 unspecified atom stereocenters. The van der Waals surface area contributed by atoms with Crippen molar-refractivity contribution in [2.45, 2.75) is 20.0 Å². The second kappa shape index (κ2) is 4.96. The molecule has 2 aromatic rings. The van der Waals surface area contributed by atoms with E-state index in [0.29, 0.717) is 5.69 Å². The van der Waals surface area contributed by atoms with E-state index in [0.717, 1.165) is 10.6 Å². The van der Waals surface area contributed by atoms with Gasteiger partial charge >= 0.3 is 0 Å². The Bertz CT molecular complexity index is 522. The van der Waals surface area contributed by atoms with E-state index in [-0.39, 0.29) is 6.54 Å². The van der Waals surface area contributed by atoms with Crippen LogP contribution in [0.15, 0.2) is 23.6 Å². The summed E-state index contributed by atoms with van der Waals surface area (Å²) in [4.78, 5) is 4.41. The van der Waals surface area contributed by atoms with E-state index in [1.165, 1.54) is 22.5 Å². The van der Waals surface area contributed by atoms with E-state index < -0.39 is 6.10 Å². The smallest absolute Gasteiger partial charge is 0.123 e. The van der Waals surface area contributed by atoms with Crippen LogP contribution < -0.4 is 5.73 Å². The molecule has 2 rings (SSSR count). The summed E-state index contributed by atoms with van der Waals surface area (Å²) in [6.45, 7) is 4.38. The number of hydrogen-bond donors (Lipinski definition) is 2. The number of hydrogen-bond acceptors (Lipinski definition) is 4. The maximum absolute atomic E-state index is 9.61. The topological polar surface area (TPSA) is 59.1 Å². The van der Waals surface area contributed by atoms with Crippen LogP contribution in [0.4, 0.5) is 0 Å². The van der Waals surface area contributed by atoms with Gasteiger partial charge in [-0.3, -0.25) is 0 Å². The summed E-state index contributed by atoms with van der Waals surface area (Å²) in [5.41, 5.74) is 9.68. The second-order valence-electron chi connectivity index (χ2n) is 4.13. The molecule has 1 aromatic carbocycles. The molecule has 0 aliphatic heterocycles. The Balaban J connectivity index is 2.33. The van der Waals surface area contributed by atoms with Crippen LogP contribution in [0.1, 0.15) is 22.9 Å². The number of aliphatic hydroxyl groups excluding tert-OH is 1. The summed E-state index contributed by atoms with van der Waals surface area (Å²) in [6.07, 6.45) is -0.661. The van der Waals surface area contributed by atoms with Gasteiger partial charge in [0.05, 0.1) is 5.69 Å². The van der Waals surface area contributed by atoms with Crippen molar-refractivity contribution in [1.82, 2.24) is 4.98 Å². The van der Waals surface area contributed by atoms with Gasteiger partial charge < -0.3 is 10.8 Å². The molecule has 1 aromatic heterocycles. The zero-order valence-electron chi connectivity index (χ0n) is 9.97. The number of benzene rings is 1. The third-order valence-electron chi connectivity index (χ3n) is 2.84. The first-order valence-corrected chi connectivity index (χ1v) is 6.41. The molecule has 4 heteroatoms. The largest absolute Gasteiger partial charge is 0.385 e. The lowest BCUT2D eigenvalue weighted by molar-refractivity contribution is 0.182. The highest BCUT2D eigenvalue weighted by Crippen LogP contribution is 2.27. The van der Waals surface area contributed by atoms with Gasteiger partial charge in [0.1, 0.15) is 11.1 Å². The van der Waals surface area contributed by atoms with E-state index in [9.17, 15) is 5.11 Å². The number of aliphatic hydroxyl groups is 1. The molecule has 90 valence electrons. The lowest BCUT2D eigenvalue weighted by Gasteiger charge is -2.03. The van der Waals surface area contributed by atoms with Crippen molar-refractivity contribution in [2.75, 3.05) is 6.54 Å². The summed E-state index contributed by atoms with van der Waals surface area (Å²) in [5.74, 6) is 0. The van der Waals surface area contributed by atoms with E-state index in [2.05, 4.69) is 37.0 Å². The van der Waals surface area contributed by atoms with Gasteiger partial charge in [-0.05, 0) is 31.0 Å². The first kappa shape index (κ1) is 12.2. The molecular weight excluding hydrogens is 232 g/mol. The lowest BCUT2D eigenvalue weighted by atomic mass is 10.1. The summed E-state index contributed by atoms with van der Waals surface area (Å²) < 4.78 is 0. The van der Waals surface area contributed by atoms with Crippen molar-refractivity contribution < 1.29 is 5.11 Å². The van der Waals surface area contributed by atoms with Gasteiger partial charge in [0.25, 0.3) is 0 Å². The Kier molecular flexibility index (Phi) is 3.57. The van der Waals surface area contributed by atoms with E-state index >= 15 is 0 Å². The molecule has 0 radical (unpaired) electrons.